The van der Waals surface area contributed by atoms with E-state index in [1.807, 2.05) is 69.3 Å². The minimum atomic E-state index is -5.46. The number of alkyl halides is 12. The van der Waals surface area contributed by atoms with Gasteiger partial charge in [0.1, 0.15) is 5.69 Å². The first-order valence-electron chi connectivity index (χ1n) is 11.7. The summed E-state index contributed by atoms with van der Waals surface area (Å²) in [5, 5.41) is 19.6. The zero-order valence-corrected chi connectivity index (χ0v) is 24.5. The summed E-state index contributed by atoms with van der Waals surface area (Å²) in [6.45, 7) is 5.75. The summed E-state index contributed by atoms with van der Waals surface area (Å²) in [7, 11) is 0. The molecule has 2 rings (SSSR count). The van der Waals surface area contributed by atoms with E-state index in [4.69, 9.17) is 0 Å². The number of carbonyl (C=O) groups is 2. The van der Waals surface area contributed by atoms with Gasteiger partial charge in [0.25, 0.3) is 17.6 Å². The Kier molecular flexibility index (Phi) is 16.4. The normalized spacial score (nSPS) is 13.5. The van der Waals surface area contributed by atoms with Crippen LogP contribution in [0.4, 0.5) is 52.7 Å². The molecule has 0 aliphatic carbocycles. The van der Waals surface area contributed by atoms with E-state index in [0.717, 1.165) is 16.0 Å². The van der Waals surface area contributed by atoms with Crippen LogP contribution in [0, 0.1) is 4.91 Å². The van der Waals surface area contributed by atoms with Crippen molar-refractivity contribution < 1.29 is 94.3 Å². The maximum Gasteiger partial charge on any atom is 0.454 e. The molecule has 46 heavy (non-hydrogen) atoms. The Labute approximate surface area is 262 Å². The molecule has 7 nitrogen and oxygen atoms in total. The van der Waals surface area contributed by atoms with Crippen molar-refractivity contribution in [3.63, 3.8) is 0 Å². The van der Waals surface area contributed by atoms with Crippen LogP contribution in [0.25, 0.3) is 0 Å². The minimum absolute atomic E-state index is 0. The molecule has 0 amide bonds. The molecule has 0 saturated carbocycles. The summed E-state index contributed by atoms with van der Waals surface area (Å²) in [5.74, 6) is -11.3. The van der Waals surface area contributed by atoms with Gasteiger partial charge in [0.05, 0.1) is 0 Å². The number of rotatable bonds is 5. The van der Waals surface area contributed by atoms with Crippen molar-refractivity contribution in [2.24, 2.45) is 0 Å². The first-order valence-corrected chi connectivity index (χ1v) is 11.7. The van der Waals surface area contributed by atoms with Gasteiger partial charge in [-0.2, -0.15) is 52.7 Å². The van der Waals surface area contributed by atoms with Crippen LogP contribution >= 0.6 is 0 Å². The molecule has 1 aromatic heterocycles. The predicted octanol–water partition coefficient (Wildman–Crippen LogP) is 5.59. The smallest absolute Gasteiger partial charge is 0.454 e. The number of hydrogen-bond donors (Lipinski definition) is 0. The summed E-state index contributed by atoms with van der Waals surface area (Å²) in [4.78, 5) is 36.6. The van der Waals surface area contributed by atoms with Crippen LogP contribution in [-0.4, -0.2) is 51.6 Å². The summed E-state index contributed by atoms with van der Waals surface area (Å²) in [6.07, 6.45) is -22.2. The molecule has 1 atom stereocenters. The second-order valence-electron chi connectivity index (χ2n) is 9.30. The van der Waals surface area contributed by atoms with Crippen LogP contribution in [0.2, 0.25) is 0 Å². The summed E-state index contributed by atoms with van der Waals surface area (Å²) in [6, 6.07) is 15.1. The van der Waals surface area contributed by atoms with Gasteiger partial charge in [-0.15, -0.1) is 0 Å². The van der Waals surface area contributed by atoms with Crippen molar-refractivity contribution >= 4 is 11.6 Å². The fraction of sp³-hybridized carbons (Fsp3) is 0.346. The third-order valence-corrected chi connectivity index (χ3v) is 4.62. The molecule has 20 heteroatoms. The molecule has 2 aromatic rings. The third kappa shape index (κ3) is 15.9. The second-order valence-corrected chi connectivity index (χ2v) is 9.30. The molecule has 0 fully saturated rings. The van der Waals surface area contributed by atoms with Gasteiger partial charge in [-0.1, -0.05) is 36.4 Å². The van der Waals surface area contributed by atoms with Gasteiger partial charge in [0.15, 0.2) is 0 Å². The first kappa shape index (κ1) is 44.2. The molecule has 1 heterocycles. The number of nitroso groups, excluding NO2 is 1. The number of halogens is 12. The summed E-state index contributed by atoms with van der Waals surface area (Å²) >= 11 is 0. The van der Waals surface area contributed by atoms with Crippen LogP contribution in [0.3, 0.4) is 0 Å². The van der Waals surface area contributed by atoms with Gasteiger partial charge < -0.3 is 10.2 Å². The van der Waals surface area contributed by atoms with Gasteiger partial charge in [-0.25, -0.2) is 0 Å². The van der Waals surface area contributed by atoms with Gasteiger partial charge in [0.2, 0.25) is 5.54 Å². The van der Waals surface area contributed by atoms with E-state index in [-0.39, 0.29) is 23.1 Å². The fourth-order valence-electron chi connectivity index (χ4n) is 2.55. The van der Waals surface area contributed by atoms with Crippen molar-refractivity contribution in [1.29, 1.82) is 0 Å². The number of allylic oxidation sites excluding steroid dienone is 4. The second kappa shape index (κ2) is 17.1. The van der Waals surface area contributed by atoms with Crippen molar-refractivity contribution in [2.75, 3.05) is 0 Å². The van der Waals surface area contributed by atoms with Crippen LogP contribution in [0.5, 0.6) is 0 Å². The van der Waals surface area contributed by atoms with Crippen molar-refractivity contribution in [1.82, 2.24) is 4.98 Å². The van der Waals surface area contributed by atoms with Crippen molar-refractivity contribution in [2.45, 2.75) is 57.1 Å². The SMILES string of the molecule is CC(C)(C)[N+](=O)[C@H](c1ccccc1)c1ccccn1.O=C(/C=C(\[O-])C(F)(F)F)C(F)(F)F.O=C(/C=C(\[O-])C(F)(F)F)C(F)(F)F.[Mn]. The Morgan fingerprint density at radius 2 is 1.04 bits per heavy atom. The van der Waals surface area contributed by atoms with Crippen molar-refractivity contribution in [3.05, 3.63) is 94.6 Å². The molecular weight excluding hydrogens is 703 g/mol. The van der Waals surface area contributed by atoms with E-state index in [9.17, 15) is 77.4 Å². The molecule has 0 N–H and O–H groups in total. The van der Waals surface area contributed by atoms with Crippen molar-refractivity contribution in [3.8, 4) is 0 Å². The zero-order valence-electron chi connectivity index (χ0n) is 23.3. The number of ketones is 2. The molecule has 0 spiro atoms. The van der Waals surface area contributed by atoms with Gasteiger partial charge in [-0.3, -0.25) is 14.6 Å². The van der Waals surface area contributed by atoms with E-state index in [1.165, 1.54) is 0 Å². The van der Waals surface area contributed by atoms with Crippen LogP contribution in [0.15, 0.2) is 78.4 Å². The fourth-order valence-corrected chi connectivity index (χ4v) is 2.55. The molecule has 257 valence electrons. The average molecular weight is 724 g/mol. The molecule has 0 aliphatic heterocycles. The van der Waals surface area contributed by atoms with Gasteiger partial charge in [-0.05, 0) is 35.8 Å². The van der Waals surface area contributed by atoms with E-state index < -0.39 is 65.5 Å². The molecular formula is C26H21F12MnN2O5-. The topological polar surface area (TPSA) is 113 Å². The quantitative estimate of drug-likeness (QED) is 0.131. The van der Waals surface area contributed by atoms with E-state index in [1.54, 1.807) is 6.20 Å². The van der Waals surface area contributed by atoms with Crippen LogP contribution < -0.4 is 10.2 Å². The maximum atomic E-state index is 12.6. The van der Waals surface area contributed by atoms with E-state index in [2.05, 4.69) is 4.98 Å². The molecule has 1 aromatic carbocycles. The van der Waals surface area contributed by atoms with Gasteiger partial charge in [0, 0.05) is 59.3 Å². The maximum absolute atomic E-state index is 12.6. The van der Waals surface area contributed by atoms with Crippen LogP contribution in [-0.2, 0) is 26.7 Å². The molecule has 0 bridgehead atoms. The number of nitrogens with zero attached hydrogens (tertiary/aromatic N) is 2. The number of aromatic nitrogens is 1. The number of benzene rings is 1. The number of hydrogen-bond acceptors (Lipinski definition) is 6. The molecule has 0 saturated heterocycles. The number of carbonyl (C=O) groups excluding carboxylic acids is 2. The van der Waals surface area contributed by atoms with E-state index in [0.29, 0.717) is 0 Å². The molecule has 1 radical (unpaired) electrons. The largest absolute Gasteiger partial charge is 0.869 e. The molecule has 0 unspecified atom stereocenters. The standard InChI is InChI=1S/C16H19N2O.2C5H2F6O2.Mn/c1-16(2,3)18(19)15(13-9-5-4-6-10-13)14-11-7-8-12-17-14;2*6-4(7,8)2(12)1-3(13)5(9,10)11;/h4-12,15H,1-3H3;2*1,12H;/q+1;;;/p-2/b;2*2-1-;/t15-;;;/m1.../s1. The van der Waals surface area contributed by atoms with E-state index >= 15 is 0 Å². The Hall–Kier alpha value is -3.93. The summed E-state index contributed by atoms with van der Waals surface area (Å²) in [5.41, 5.74) is 1.27. The third-order valence-electron chi connectivity index (χ3n) is 4.62. The predicted molar refractivity (Wildman–Crippen MR) is 126 cm³/mol. The monoisotopic (exact) mass is 724 g/mol. The Bertz CT molecular complexity index is 1260. The summed E-state index contributed by atoms with van der Waals surface area (Å²) < 4.78 is 137. The number of pyridine rings is 1. The zero-order chi connectivity index (χ0) is 35.6. The van der Waals surface area contributed by atoms with Crippen LogP contribution in [0.1, 0.15) is 38.1 Å². The van der Waals surface area contributed by atoms with Gasteiger partial charge >= 0.3 is 24.7 Å². The molecule has 0 aliphatic rings. The minimum Gasteiger partial charge on any atom is -0.869 e. The Morgan fingerprint density at radius 1 is 0.674 bits per heavy atom. The first-order chi connectivity index (χ1) is 20.1. The Balaban J connectivity index is 0. The average Bonchev–Trinajstić information content (AvgIpc) is 2.88. The Morgan fingerprint density at radius 3 is 1.33 bits per heavy atom.